The van der Waals surface area contributed by atoms with Crippen LogP contribution < -0.4 is 21.7 Å². The Labute approximate surface area is 155 Å². The fourth-order valence-corrected chi connectivity index (χ4v) is 2.22. The van der Waals surface area contributed by atoms with Crippen molar-refractivity contribution >= 4 is 30.0 Å². The van der Waals surface area contributed by atoms with Gasteiger partial charge in [0, 0.05) is 11.7 Å². The van der Waals surface area contributed by atoms with Crippen LogP contribution in [0.15, 0.2) is 24.3 Å². The van der Waals surface area contributed by atoms with Crippen LogP contribution >= 0.6 is 12.4 Å². The van der Waals surface area contributed by atoms with Crippen molar-refractivity contribution in [3.8, 4) is 0 Å². The highest BCUT2D eigenvalue weighted by molar-refractivity contribution is 5.89. The summed E-state index contributed by atoms with van der Waals surface area (Å²) in [6.07, 6.45) is 2.11. The van der Waals surface area contributed by atoms with Crippen molar-refractivity contribution in [1.82, 2.24) is 10.6 Å². The molecular formula is C18H29ClN4O2. The van der Waals surface area contributed by atoms with Gasteiger partial charge >= 0.3 is 6.03 Å². The summed E-state index contributed by atoms with van der Waals surface area (Å²) in [6, 6.07) is 6.87. The maximum atomic E-state index is 12.2. The summed E-state index contributed by atoms with van der Waals surface area (Å²) in [5, 5.41) is 8.61. The molecule has 140 valence electrons. The molecule has 3 amide bonds. The van der Waals surface area contributed by atoms with Gasteiger partial charge in [0.25, 0.3) is 0 Å². The van der Waals surface area contributed by atoms with Gasteiger partial charge in [-0.15, -0.1) is 12.4 Å². The van der Waals surface area contributed by atoms with Gasteiger partial charge in [-0.05, 0) is 42.9 Å². The highest BCUT2D eigenvalue weighted by atomic mass is 35.5. The number of anilines is 1. The summed E-state index contributed by atoms with van der Waals surface area (Å²) in [7, 11) is 0. The topological polar surface area (TPSA) is 96.2 Å². The smallest absolute Gasteiger partial charge is 0.319 e. The lowest BCUT2D eigenvalue weighted by Gasteiger charge is -2.27. The summed E-state index contributed by atoms with van der Waals surface area (Å²) in [5.41, 5.74) is 7.37. The summed E-state index contributed by atoms with van der Waals surface area (Å²) >= 11 is 0. The van der Waals surface area contributed by atoms with Crippen LogP contribution in [-0.2, 0) is 4.79 Å². The molecule has 0 aromatic heterocycles. The Morgan fingerprint density at radius 1 is 1.16 bits per heavy atom. The van der Waals surface area contributed by atoms with E-state index in [0.29, 0.717) is 6.04 Å². The molecule has 0 spiro atoms. The number of amides is 3. The molecule has 0 saturated heterocycles. The predicted molar refractivity (Wildman–Crippen MR) is 103 cm³/mol. The first-order chi connectivity index (χ1) is 11.2. The van der Waals surface area contributed by atoms with Gasteiger partial charge in [0.1, 0.15) is 0 Å². The van der Waals surface area contributed by atoms with Crippen LogP contribution in [0.2, 0.25) is 0 Å². The molecule has 1 fully saturated rings. The van der Waals surface area contributed by atoms with Crippen LogP contribution in [-0.4, -0.2) is 24.0 Å². The average Bonchev–Trinajstić information content (AvgIpc) is 3.29. The Morgan fingerprint density at radius 2 is 1.72 bits per heavy atom. The number of benzene rings is 1. The normalized spacial score (nSPS) is 16.2. The zero-order valence-electron chi connectivity index (χ0n) is 15.3. The molecule has 25 heavy (non-hydrogen) atoms. The summed E-state index contributed by atoms with van der Waals surface area (Å²) in [6.45, 7) is 7.73. The van der Waals surface area contributed by atoms with Crippen molar-refractivity contribution in [3.05, 3.63) is 29.8 Å². The molecule has 2 rings (SSSR count). The van der Waals surface area contributed by atoms with Crippen molar-refractivity contribution in [2.75, 3.05) is 5.32 Å². The van der Waals surface area contributed by atoms with E-state index in [1.807, 2.05) is 52.0 Å². The molecule has 0 radical (unpaired) electrons. The number of rotatable bonds is 5. The van der Waals surface area contributed by atoms with Crippen molar-refractivity contribution in [1.29, 1.82) is 0 Å². The minimum atomic E-state index is -0.563. The molecule has 1 aromatic carbocycles. The van der Waals surface area contributed by atoms with E-state index in [4.69, 9.17) is 5.73 Å². The van der Waals surface area contributed by atoms with Gasteiger partial charge in [0.15, 0.2) is 0 Å². The number of carbonyl (C=O) groups excluding carboxylic acids is 2. The zero-order chi connectivity index (χ0) is 17.9. The minimum Gasteiger partial charge on any atom is -0.348 e. The highest BCUT2D eigenvalue weighted by Crippen LogP contribution is 2.21. The van der Waals surface area contributed by atoms with Crippen LogP contribution in [0.1, 0.15) is 52.1 Å². The molecule has 0 bridgehead atoms. The van der Waals surface area contributed by atoms with E-state index in [-0.39, 0.29) is 35.8 Å². The van der Waals surface area contributed by atoms with Gasteiger partial charge < -0.3 is 21.7 Å². The number of urea groups is 1. The monoisotopic (exact) mass is 368 g/mol. The lowest BCUT2D eigenvalue weighted by molar-refractivity contribution is -0.125. The molecular weight excluding hydrogens is 340 g/mol. The fourth-order valence-electron chi connectivity index (χ4n) is 2.22. The summed E-state index contributed by atoms with van der Waals surface area (Å²) in [5.74, 6) is -0.166. The average molecular weight is 369 g/mol. The molecule has 5 N–H and O–H groups in total. The molecule has 1 aliphatic carbocycles. The Balaban J connectivity index is 0.00000312. The lowest BCUT2D eigenvalue weighted by atomic mass is 9.86. The lowest BCUT2D eigenvalue weighted by Crippen LogP contribution is -2.49. The zero-order valence-corrected chi connectivity index (χ0v) is 16.1. The molecule has 1 saturated carbocycles. The second-order valence-electron chi connectivity index (χ2n) is 7.57. The molecule has 1 unspecified atom stereocenters. The molecule has 6 nitrogen and oxygen atoms in total. The maximum absolute atomic E-state index is 12.2. The van der Waals surface area contributed by atoms with E-state index >= 15 is 0 Å². The SMILES string of the molecule is CC(NC(=O)[C@@H](N)C(C)(C)C)c1ccc(NC(=O)NC2CC2)cc1.Cl. The second-order valence-corrected chi connectivity index (χ2v) is 7.57. The fraction of sp³-hybridized carbons (Fsp3) is 0.556. The molecule has 0 aliphatic heterocycles. The number of nitrogens with two attached hydrogens (primary N) is 1. The largest absolute Gasteiger partial charge is 0.348 e. The second kappa shape index (κ2) is 8.54. The van der Waals surface area contributed by atoms with Gasteiger partial charge in [-0.25, -0.2) is 4.79 Å². The van der Waals surface area contributed by atoms with E-state index in [2.05, 4.69) is 16.0 Å². The van der Waals surface area contributed by atoms with E-state index in [1.54, 1.807) is 0 Å². The third-order valence-corrected chi connectivity index (χ3v) is 4.16. The third kappa shape index (κ3) is 6.55. The van der Waals surface area contributed by atoms with Gasteiger partial charge in [0.2, 0.25) is 5.91 Å². The summed E-state index contributed by atoms with van der Waals surface area (Å²) < 4.78 is 0. The van der Waals surface area contributed by atoms with Gasteiger partial charge in [-0.3, -0.25) is 4.79 Å². The quantitative estimate of drug-likeness (QED) is 0.643. The van der Waals surface area contributed by atoms with Gasteiger partial charge in [-0.1, -0.05) is 32.9 Å². The number of hydrogen-bond acceptors (Lipinski definition) is 3. The van der Waals surface area contributed by atoms with E-state index < -0.39 is 6.04 Å². The number of hydrogen-bond donors (Lipinski definition) is 4. The minimum absolute atomic E-state index is 0. The molecule has 7 heteroatoms. The molecule has 1 aromatic rings. The Hall–Kier alpha value is -1.79. The third-order valence-electron chi connectivity index (χ3n) is 4.16. The van der Waals surface area contributed by atoms with Crippen molar-refractivity contribution < 1.29 is 9.59 Å². The van der Waals surface area contributed by atoms with Crippen molar-refractivity contribution in [2.24, 2.45) is 11.1 Å². The highest BCUT2D eigenvalue weighted by Gasteiger charge is 2.28. The first-order valence-corrected chi connectivity index (χ1v) is 8.40. The summed E-state index contributed by atoms with van der Waals surface area (Å²) in [4.78, 5) is 23.9. The van der Waals surface area contributed by atoms with Crippen LogP contribution in [0.4, 0.5) is 10.5 Å². The van der Waals surface area contributed by atoms with E-state index in [0.717, 1.165) is 24.1 Å². The van der Waals surface area contributed by atoms with Crippen LogP contribution in [0.3, 0.4) is 0 Å². The van der Waals surface area contributed by atoms with Gasteiger partial charge in [0.05, 0.1) is 12.1 Å². The Bertz CT molecular complexity index is 594. The Morgan fingerprint density at radius 3 is 2.20 bits per heavy atom. The number of halogens is 1. The van der Waals surface area contributed by atoms with Crippen LogP contribution in [0, 0.1) is 5.41 Å². The number of carbonyl (C=O) groups is 2. The van der Waals surface area contributed by atoms with Gasteiger partial charge in [-0.2, -0.15) is 0 Å². The molecule has 2 atom stereocenters. The van der Waals surface area contributed by atoms with Crippen LogP contribution in [0.25, 0.3) is 0 Å². The van der Waals surface area contributed by atoms with Crippen LogP contribution in [0.5, 0.6) is 0 Å². The predicted octanol–water partition coefficient (Wildman–Crippen LogP) is 2.94. The number of nitrogens with one attached hydrogen (secondary N) is 3. The van der Waals surface area contributed by atoms with Crippen molar-refractivity contribution in [2.45, 2.75) is 58.7 Å². The molecule has 0 heterocycles. The first-order valence-electron chi connectivity index (χ1n) is 8.40. The Kier molecular flexibility index (Phi) is 7.26. The maximum Gasteiger partial charge on any atom is 0.319 e. The van der Waals surface area contributed by atoms with E-state index in [9.17, 15) is 9.59 Å². The standard InChI is InChI=1S/C18H28N4O2.ClH/c1-11(20-16(23)15(19)18(2,3)4)12-5-7-13(8-6-12)21-17(24)22-14-9-10-14;/h5-8,11,14-15H,9-10,19H2,1-4H3,(H,20,23)(H2,21,22,24);1H/t11?,15-;/m1./s1. The van der Waals surface area contributed by atoms with E-state index in [1.165, 1.54) is 0 Å². The van der Waals surface area contributed by atoms with Crippen molar-refractivity contribution in [3.63, 3.8) is 0 Å². The molecule has 1 aliphatic rings. The first kappa shape index (κ1) is 21.3.